The van der Waals surface area contributed by atoms with Crippen LogP contribution in [0.2, 0.25) is 0 Å². The molecule has 0 spiro atoms. The average molecular weight is 565 g/mol. The number of fused-ring (bicyclic) bond motifs is 1. The number of methoxy groups -OCH3 is 1. The van der Waals surface area contributed by atoms with Crippen LogP contribution in [0.25, 0.3) is 23.1 Å². The maximum atomic E-state index is 12.8. The first kappa shape index (κ1) is 28.4. The maximum Gasteiger partial charge on any atom is 0.416 e. The number of ether oxygens (including phenoxy) is 3. The van der Waals surface area contributed by atoms with Gasteiger partial charge in [0.2, 0.25) is 0 Å². The van der Waals surface area contributed by atoms with Gasteiger partial charge in [0.25, 0.3) is 0 Å². The summed E-state index contributed by atoms with van der Waals surface area (Å²) < 4.78 is 55.4. The van der Waals surface area contributed by atoms with E-state index in [9.17, 15) is 13.2 Å². The molecule has 0 unspecified atom stereocenters. The molecule has 1 aliphatic rings. The number of morpholine rings is 1. The van der Waals surface area contributed by atoms with E-state index in [0.29, 0.717) is 29.5 Å². The number of aromatic nitrogens is 2. The minimum atomic E-state index is -4.34. The number of rotatable bonds is 10. The molecule has 214 valence electrons. The van der Waals surface area contributed by atoms with Crippen molar-refractivity contribution < 1.29 is 27.4 Å². The summed E-state index contributed by atoms with van der Waals surface area (Å²) in [6.45, 7) is 4.99. The summed E-state index contributed by atoms with van der Waals surface area (Å²) in [5, 5.41) is 4.12. The first-order valence-corrected chi connectivity index (χ1v) is 13.4. The zero-order chi connectivity index (χ0) is 28.7. The van der Waals surface area contributed by atoms with E-state index in [1.165, 1.54) is 18.5 Å². The molecule has 1 saturated heterocycles. The number of halogens is 3. The molecule has 0 saturated carbocycles. The Labute approximate surface area is 236 Å². The molecule has 1 N–H and O–H groups in total. The van der Waals surface area contributed by atoms with Gasteiger partial charge >= 0.3 is 6.18 Å². The van der Waals surface area contributed by atoms with Crippen molar-refractivity contribution in [1.29, 1.82) is 0 Å². The van der Waals surface area contributed by atoms with Gasteiger partial charge in [-0.3, -0.25) is 4.90 Å². The molecule has 1 aliphatic heterocycles. The highest BCUT2D eigenvalue weighted by Crippen LogP contribution is 2.35. The summed E-state index contributed by atoms with van der Waals surface area (Å²) in [4.78, 5) is 11.2. The predicted octanol–water partition coefficient (Wildman–Crippen LogP) is 6.67. The minimum Gasteiger partial charge on any atom is -0.493 e. The molecule has 0 radical (unpaired) electrons. The fourth-order valence-corrected chi connectivity index (χ4v) is 4.52. The van der Waals surface area contributed by atoms with E-state index in [4.69, 9.17) is 14.2 Å². The molecule has 5 rings (SSSR count). The smallest absolute Gasteiger partial charge is 0.416 e. The van der Waals surface area contributed by atoms with Gasteiger partial charge in [0.1, 0.15) is 12.1 Å². The fraction of sp³-hybridized carbons (Fsp3) is 0.290. The summed E-state index contributed by atoms with van der Waals surface area (Å²) in [6.07, 6.45) is 1.67. The maximum absolute atomic E-state index is 12.8. The van der Waals surface area contributed by atoms with Crippen molar-refractivity contribution in [3.8, 4) is 11.5 Å². The molecule has 10 heteroatoms. The van der Waals surface area contributed by atoms with E-state index in [2.05, 4.69) is 20.2 Å². The van der Waals surface area contributed by atoms with Crippen molar-refractivity contribution in [2.45, 2.75) is 12.6 Å². The number of alkyl halides is 3. The lowest BCUT2D eigenvalue weighted by Crippen LogP contribution is -2.37. The highest BCUT2D eigenvalue weighted by Gasteiger charge is 2.29. The van der Waals surface area contributed by atoms with E-state index in [1.54, 1.807) is 13.2 Å². The molecule has 1 aromatic heterocycles. The Bertz CT molecular complexity index is 1470. The molecule has 41 heavy (non-hydrogen) atoms. The largest absolute Gasteiger partial charge is 0.493 e. The highest BCUT2D eigenvalue weighted by molar-refractivity contribution is 5.93. The lowest BCUT2D eigenvalue weighted by atomic mass is 10.1. The molecule has 2 heterocycles. The van der Waals surface area contributed by atoms with Crippen LogP contribution in [0.3, 0.4) is 0 Å². The summed E-state index contributed by atoms with van der Waals surface area (Å²) in [6, 6.07) is 16.4. The van der Waals surface area contributed by atoms with Crippen molar-refractivity contribution in [2.24, 2.45) is 0 Å². The summed E-state index contributed by atoms with van der Waals surface area (Å²) in [5.74, 6) is 1.86. The highest BCUT2D eigenvalue weighted by atomic mass is 19.4. The van der Waals surface area contributed by atoms with Crippen molar-refractivity contribution in [3.63, 3.8) is 0 Å². The van der Waals surface area contributed by atoms with E-state index in [1.807, 2.05) is 42.5 Å². The summed E-state index contributed by atoms with van der Waals surface area (Å²) in [7, 11) is 1.61. The summed E-state index contributed by atoms with van der Waals surface area (Å²) in [5.41, 5.74) is 2.46. The van der Waals surface area contributed by atoms with Gasteiger partial charge < -0.3 is 19.5 Å². The van der Waals surface area contributed by atoms with Gasteiger partial charge in [-0.1, -0.05) is 36.4 Å². The van der Waals surface area contributed by atoms with Crippen molar-refractivity contribution in [2.75, 3.05) is 51.9 Å². The van der Waals surface area contributed by atoms with Crippen LogP contribution in [0.1, 0.15) is 23.1 Å². The molecule has 0 amide bonds. The van der Waals surface area contributed by atoms with E-state index in [-0.39, 0.29) is 0 Å². The van der Waals surface area contributed by atoms with Gasteiger partial charge in [-0.15, -0.1) is 0 Å². The summed E-state index contributed by atoms with van der Waals surface area (Å²) >= 11 is 0. The number of hydrogen-bond acceptors (Lipinski definition) is 7. The molecule has 4 aromatic rings. The van der Waals surface area contributed by atoms with Crippen LogP contribution in [0, 0.1) is 0 Å². The van der Waals surface area contributed by atoms with Crippen LogP contribution in [-0.2, 0) is 10.9 Å². The molecule has 0 atom stereocenters. The van der Waals surface area contributed by atoms with Gasteiger partial charge in [0, 0.05) is 36.8 Å². The third kappa shape index (κ3) is 7.53. The fourth-order valence-electron chi connectivity index (χ4n) is 4.52. The Morgan fingerprint density at radius 3 is 2.27 bits per heavy atom. The Morgan fingerprint density at radius 1 is 0.927 bits per heavy atom. The van der Waals surface area contributed by atoms with E-state index in [0.717, 1.165) is 73.6 Å². The van der Waals surface area contributed by atoms with Crippen molar-refractivity contribution in [3.05, 3.63) is 83.7 Å². The molecule has 1 fully saturated rings. The minimum absolute atomic E-state index is 0.565. The van der Waals surface area contributed by atoms with Crippen LogP contribution in [0.4, 0.5) is 24.7 Å². The monoisotopic (exact) mass is 564 g/mol. The van der Waals surface area contributed by atoms with Gasteiger partial charge in [-0.05, 0) is 47.9 Å². The molecule has 7 nitrogen and oxygen atoms in total. The molecular weight excluding hydrogens is 533 g/mol. The number of benzene rings is 3. The third-order valence-corrected chi connectivity index (χ3v) is 6.78. The quantitative estimate of drug-likeness (QED) is 0.170. The zero-order valence-electron chi connectivity index (χ0n) is 22.7. The lowest BCUT2D eigenvalue weighted by Gasteiger charge is -2.26. The first-order valence-electron chi connectivity index (χ1n) is 13.4. The Balaban J connectivity index is 1.23. The van der Waals surface area contributed by atoms with Gasteiger partial charge in [-0.25, -0.2) is 9.97 Å². The van der Waals surface area contributed by atoms with Crippen molar-refractivity contribution >= 4 is 34.6 Å². The standard InChI is InChI=1S/C31H31F3N4O3/c1-39-28-19-26-27(20-29(28)41-16-2-13-38-14-17-40-18-15-38)35-21-36-30(26)37-25-11-7-23(8-12-25)4-3-22-5-9-24(10-6-22)31(32,33)34/h3-12,19-21H,2,13-18H2,1H3,(H,35,36,37)/b4-3+. The van der Waals surface area contributed by atoms with Crippen LogP contribution < -0.4 is 14.8 Å². The van der Waals surface area contributed by atoms with Crippen LogP contribution in [-0.4, -0.2) is 61.4 Å². The molecule has 3 aromatic carbocycles. The van der Waals surface area contributed by atoms with Gasteiger partial charge in [-0.2, -0.15) is 13.2 Å². The second kappa shape index (κ2) is 13.0. The van der Waals surface area contributed by atoms with Gasteiger partial charge in [0.05, 0.1) is 38.0 Å². The topological polar surface area (TPSA) is 68.7 Å². The second-order valence-corrected chi connectivity index (χ2v) is 9.60. The van der Waals surface area contributed by atoms with Gasteiger partial charge in [0.15, 0.2) is 11.5 Å². The SMILES string of the molecule is COc1cc2c(Nc3ccc(/C=C/c4ccc(C(F)(F)F)cc4)cc3)ncnc2cc1OCCCN1CCOCC1. The normalized spacial score (nSPS) is 14.4. The number of anilines is 2. The molecule has 0 bridgehead atoms. The van der Waals surface area contributed by atoms with Crippen molar-refractivity contribution in [1.82, 2.24) is 14.9 Å². The van der Waals surface area contributed by atoms with E-state index < -0.39 is 11.7 Å². The first-order chi connectivity index (χ1) is 19.9. The number of hydrogen-bond donors (Lipinski definition) is 1. The Hall–Kier alpha value is -4.15. The number of nitrogens with one attached hydrogen (secondary N) is 1. The second-order valence-electron chi connectivity index (χ2n) is 9.60. The Morgan fingerprint density at radius 2 is 1.61 bits per heavy atom. The van der Waals surface area contributed by atoms with Crippen LogP contribution >= 0.6 is 0 Å². The third-order valence-electron chi connectivity index (χ3n) is 6.78. The zero-order valence-corrected chi connectivity index (χ0v) is 22.7. The molecular formula is C31H31F3N4O3. The van der Waals surface area contributed by atoms with Crippen LogP contribution in [0.15, 0.2) is 67.0 Å². The average Bonchev–Trinajstić information content (AvgIpc) is 2.99. The predicted molar refractivity (Wildman–Crippen MR) is 154 cm³/mol. The van der Waals surface area contributed by atoms with E-state index >= 15 is 0 Å². The lowest BCUT2D eigenvalue weighted by molar-refractivity contribution is -0.137. The van der Waals surface area contributed by atoms with Crippen LogP contribution in [0.5, 0.6) is 11.5 Å². The Kier molecular flexibility index (Phi) is 9.01. The number of nitrogens with zero attached hydrogens (tertiary/aromatic N) is 3. The molecule has 0 aliphatic carbocycles.